The average Bonchev–Trinajstić information content (AvgIpc) is 3.51. The largest absolute Gasteiger partial charge is 0.378 e. The first-order chi connectivity index (χ1) is 18.1. The van der Waals surface area contributed by atoms with Gasteiger partial charge >= 0.3 is 0 Å². The molecule has 2 aliphatic heterocycles. The zero-order valence-electron chi connectivity index (χ0n) is 20.8. The molecule has 0 radical (unpaired) electrons. The Labute approximate surface area is 219 Å². The molecule has 0 aliphatic carbocycles. The third kappa shape index (κ3) is 4.65. The van der Waals surface area contributed by atoms with Crippen LogP contribution in [0.5, 0.6) is 0 Å². The van der Waals surface area contributed by atoms with E-state index in [2.05, 4.69) is 25.1 Å². The summed E-state index contributed by atoms with van der Waals surface area (Å²) >= 11 is 1.48. The molecule has 0 spiro atoms. The number of rotatable bonds is 5. The first kappa shape index (κ1) is 23.5. The second-order valence-electron chi connectivity index (χ2n) is 9.08. The van der Waals surface area contributed by atoms with Crippen molar-refractivity contribution in [1.29, 1.82) is 0 Å². The summed E-state index contributed by atoms with van der Waals surface area (Å²) < 4.78 is 5.55. The van der Waals surface area contributed by atoms with E-state index in [1.54, 1.807) is 6.20 Å². The van der Waals surface area contributed by atoms with Crippen LogP contribution in [-0.4, -0.2) is 58.7 Å². The normalized spacial score (nSPS) is 15.1. The van der Waals surface area contributed by atoms with Crippen LogP contribution in [0.4, 0.5) is 22.6 Å². The predicted molar refractivity (Wildman–Crippen MR) is 145 cm³/mol. The van der Waals surface area contributed by atoms with Crippen LogP contribution in [0, 0.1) is 13.8 Å². The highest BCUT2D eigenvalue weighted by molar-refractivity contribution is 7.15. The van der Waals surface area contributed by atoms with E-state index in [-0.39, 0.29) is 5.91 Å². The lowest BCUT2D eigenvalue weighted by Gasteiger charge is -2.28. The highest BCUT2D eigenvalue weighted by Crippen LogP contribution is 2.39. The summed E-state index contributed by atoms with van der Waals surface area (Å²) in [5.41, 5.74) is 5.31. The standard InChI is InChI=1S/C27H27N7O2S/c1-17-18(2)37-27(29-17)32-25(35)20-6-3-5-19(15-20)23-22-8-10-34(21-7-4-9-28-16-21)24(22)31-26(30-23)33-11-13-36-14-12-33/h3-7,9,15-16H,8,10-14H2,1-2H3,(H,29,32,35). The smallest absolute Gasteiger partial charge is 0.257 e. The minimum absolute atomic E-state index is 0.188. The topological polar surface area (TPSA) is 96.4 Å². The van der Waals surface area contributed by atoms with Crippen LogP contribution < -0.4 is 15.1 Å². The molecule has 0 bridgehead atoms. The second kappa shape index (κ2) is 9.87. The van der Waals surface area contributed by atoms with Gasteiger partial charge in [0, 0.05) is 47.4 Å². The summed E-state index contributed by atoms with van der Waals surface area (Å²) in [5.74, 6) is 1.38. The van der Waals surface area contributed by atoms with Crippen molar-refractivity contribution in [3.63, 3.8) is 0 Å². The molecule has 188 valence electrons. The number of hydrogen-bond acceptors (Lipinski definition) is 9. The molecule has 4 aromatic rings. The SMILES string of the molecule is Cc1nc(NC(=O)c2cccc(-c3nc(N4CCOCC4)nc4c3CCN4c3cccnc3)c2)sc1C. The zero-order chi connectivity index (χ0) is 25.4. The highest BCUT2D eigenvalue weighted by Gasteiger charge is 2.29. The van der Waals surface area contributed by atoms with Crippen molar-refractivity contribution in [3.05, 3.63) is 70.5 Å². The molecule has 1 aromatic carbocycles. The molecular weight excluding hydrogens is 486 g/mol. The first-order valence-electron chi connectivity index (χ1n) is 12.3. The maximum absolute atomic E-state index is 13.1. The van der Waals surface area contributed by atoms with E-state index in [0.29, 0.717) is 29.9 Å². The number of carbonyl (C=O) groups excluding carboxylic acids is 1. The number of aryl methyl sites for hydroxylation is 2. The Morgan fingerprint density at radius 1 is 1.05 bits per heavy atom. The van der Waals surface area contributed by atoms with Crippen LogP contribution in [0.2, 0.25) is 0 Å². The Kier molecular flexibility index (Phi) is 6.27. The highest BCUT2D eigenvalue weighted by atomic mass is 32.1. The number of hydrogen-bond donors (Lipinski definition) is 1. The van der Waals surface area contributed by atoms with E-state index in [1.807, 2.05) is 56.4 Å². The number of pyridine rings is 1. The van der Waals surface area contributed by atoms with Gasteiger partial charge in [-0.05, 0) is 44.5 Å². The Morgan fingerprint density at radius 2 is 1.92 bits per heavy atom. The van der Waals surface area contributed by atoms with Gasteiger partial charge in [0.2, 0.25) is 5.95 Å². The summed E-state index contributed by atoms with van der Waals surface area (Å²) in [6.07, 6.45) is 4.44. The van der Waals surface area contributed by atoms with Gasteiger partial charge in [-0.1, -0.05) is 12.1 Å². The fourth-order valence-electron chi connectivity index (χ4n) is 4.66. The Balaban J connectivity index is 1.39. The molecule has 0 saturated carbocycles. The number of amides is 1. The van der Waals surface area contributed by atoms with Crippen molar-refractivity contribution in [2.45, 2.75) is 20.3 Å². The lowest BCUT2D eigenvalue weighted by atomic mass is 10.0. The number of nitrogens with one attached hydrogen (secondary N) is 1. The molecule has 37 heavy (non-hydrogen) atoms. The second-order valence-corrected chi connectivity index (χ2v) is 10.3. The van der Waals surface area contributed by atoms with Crippen LogP contribution in [-0.2, 0) is 11.2 Å². The van der Waals surface area contributed by atoms with Gasteiger partial charge in [-0.2, -0.15) is 4.98 Å². The van der Waals surface area contributed by atoms with Gasteiger partial charge in [0.1, 0.15) is 5.82 Å². The molecular formula is C27H27N7O2S. The van der Waals surface area contributed by atoms with Crippen molar-refractivity contribution in [2.75, 3.05) is 48.0 Å². The molecule has 5 heterocycles. The number of nitrogens with zero attached hydrogens (tertiary/aromatic N) is 6. The molecule has 1 amide bonds. The lowest BCUT2D eigenvalue weighted by molar-refractivity contribution is 0.102. The third-order valence-electron chi connectivity index (χ3n) is 6.71. The third-order valence-corrected chi connectivity index (χ3v) is 7.70. The monoisotopic (exact) mass is 513 g/mol. The Morgan fingerprint density at radius 3 is 2.68 bits per heavy atom. The fourth-order valence-corrected chi connectivity index (χ4v) is 5.46. The summed E-state index contributed by atoms with van der Waals surface area (Å²) in [5, 5.41) is 3.55. The number of anilines is 4. The van der Waals surface area contributed by atoms with Gasteiger partial charge < -0.3 is 14.5 Å². The zero-order valence-corrected chi connectivity index (χ0v) is 21.6. The van der Waals surface area contributed by atoms with Gasteiger partial charge in [-0.25, -0.2) is 9.97 Å². The number of thiazole rings is 1. The minimum Gasteiger partial charge on any atom is -0.378 e. The fraction of sp³-hybridized carbons (Fsp3) is 0.296. The van der Waals surface area contributed by atoms with Crippen molar-refractivity contribution < 1.29 is 9.53 Å². The molecule has 0 atom stereocenters. The van der Waals surface area contributed by atoms with E-state index in [4.69, 9.17) is 14.7 Å². The van der Waals surface area contributed by atoms with Crippen LogP contribution in [0.3, 0.4) is 0 Å². The van der Waals surface area contributed by atoms with E-state index < -0.39 is 0 Å². The van der Waals surface area contributed by atoms with Crippen LogP contribution in [0.25, 0.3) is 11.3 Å². The number of ether oxygens (including phenoxy) is 1. The maximum atomic E-state index is 13.1. The summed E-state index contributed by atoms with van der Waals surface area (Å²) in [6, 6.07) is 11.6. The number of fused-ring (bicyclic) bond motifs is 1. The lowest BCUT2D eigenvalue weighted by Crippen LogP contribution is -2.37. The molecule has 1 saturated heterocycles. The summed E-state index contributed by atoms with van der Waals surface area (Å²) in [6.45, 7) is 7.50. The number of aromatic nitrogens is 4. The van der Waals surface area contributed by atoms with Crippen molar-refractivity contribution in [2.24, 2.45) is 0 Å². The Hall–Kier alpha value is -3.89. The van der Waals surface area contributed by atoms with E-state index in [9.17, 15) is 4.79 Å². The quantitative estimate of drug-likeness (QED) is 0.420. The predicted octanol–water partition coefficient (Wildman–Crippen LogP) is 4.40. The van der Waals surface area contributed by atoms with Crippen LogP contribution in [0.1, 0.15) is 26.5 Å². The molecule has 1 N–H and O–H groups in total. The van der Waals surface area contributed by atoms with Crippen molar-refractivity contribution in [1.82, 2.24) is 19.9 Å². The van der Waals surface area contributed by atoms with Gasteiger partial charge in [-0.3, -0.25) is 15.1 Å². The number of morpholine rings is 1. The van der Waals surface area contributed by atoms with E-state index in [1.165, 1.54) is 11.3 Å². The molecule has 2 aliphatic rings. The Bertz CT molecular complexity index is 1430. The van der Waals surface area contributed by atoms with Crippen LogP contribution in [0.15, 0.2) is 48.8 Å². The summed E-state index contributed by atoms with van der Waals surface area (Å²) in [4.78, 5) is 37.3. The summed E-state index contributed by atoms with van der Waals surface area (Å²) in [7, 11) is 0. The molecule has 9 nitrogen and oxygen atoms in total. The number of carbonyl (C=O) groups is 1. The maximum Gasteiger partial charge on any atom is 0.257 e. The van der Waals surface area contributed by atoms with Crippen molar-refractivity contribution in [3.8, 4) is 11.3 Å². The first-order valence-corrected chi connectivity index (χ1v) is 13.2. The molecule has 3 aromatic heterocycles. The minimum atomic E-state index is -0.188. The van der Waals surface area contributed by atoms with Gasteiger partial charge in [0.15, 0.2) is 5.13 Å². The van der Waals surface area contributed by atoms with Gasteiger partial charge in [0.25, 0.3) is 5.91 Å². The molecule has 6 rings (SSSR count). The molecule has 10 heteroatoms. The number of benzene rings is 1. The van der Waals surface area contributed by atoms with Gasteiger partial charge in [-0.15, -0.1) is 11.3 Å². The molecule has 1 fully saturated rings. The van der Waals surface area contributed by atoms with Gasteiger partial charge in [0.05, 0.1) is 36.5 Å². The van der Waals surface area contributed by atoms with E-state index in [0.717, 1.165) is 65.0 Å². The average molecular weight is 514 g/mol. The van der Waals surface area contributed by atoms with E-state index >= 15 is 0 Å². The van der Waals surface area contributed by atoms with Crippen molar-refractivity contribution >= 4 is 39.8 Å². The molecule has 0 unspecified atom stereocenters. The van der Waals surface area contributed by atoms with Crippen LogP contribution >= 0.6 is 11.3 Å².